The Labute approximate surface area is 146 Å². The Morgan fingerprint density at radius 2 is 1.83 bits per heavy atom. The summed E-state index contributed by atoms with van der Waals surface area (Å²) in [6, 6.07) is 15.3. The van der Waals surface area contributed by atoms with Crippen LogP contribution in [0.3, 0.4) is 0 Å². The van der Waals surface area contributed by atoms with E-state index < -0.39 is 0 Å². The van der Waals surface area contributed by atoms with Crippen LogP contribution >= 0.6 is 11.8 Å². The van der Waals surface area contributed by atoms with E-state index in [2.05, 4.69) is 29.1 Å². The number of aliphatic imine (C=N–C) groups is 2. The first kappa shape index (κ1) is 16.3. The highest BCUT2D eigenvalue weighted by Gasteiger charge is 2.17. The minimum absolute atomic E-state index is 0.228. The average Bonchev–Trinajstić information content (AvgIpc) is 2.93. The lowest BCUT2D eigenvalue weighted by molar-refractivity contribution is 0.474. The van der Waals surface area contributed by atoms with Crippen molar-refractivity contribution in [2.24, 2.45) is 9.98 Å². The molecule has 122 valence electrons. The number of anilines is 1. The van der Waals surface area contributed by atoms with Gasteiger partial charge in [-0.25, -0.2) is 9.98 Å². The lowest BCUT2D eigenvalue weighted by Crippen LogP contribution is -2.11. The molecule has 4 nitrogen and oxygen atoms in total. The molecule has 5 heteroatoms. The molecule has 0 spiro atoms. The monoisotopic (exact) mass is 337 g/mol. The molecule has 0 fully saturated rings. The number of hydrogen-bond acceptors (Lipinski definition) is 5. The van der Waals surface area contributed by atoms with Crippen molar-refractivity contribution in [3.05, 3.63) is 65.4 Å². The van der Waals surface area contributed by atoms with E-state index in [1.807, 2.05) is 42.5 Å². The molecule has 1 aliphatic rings. The molecule has 24 heavy (non-hydrogen) atoms. The highest BCUT2D eigenvalue weighted by Crippen LogP contribution is 2.25. The van der Waals surface area contributed by atoms with Gasteiger partial charge in [0.25, 0.3) is 0 Å². The quantitative estimate of drug-likeness (QED) is 0.855. The number of amidine groups is 2. The third kappa shape index (κ3) is 3.86. The maximum atomic E-state index is 9.99. The molecule has 0 saturated heterocycles. The van der Waals surface area contributed by atoms with E-state index >= 15 is 0 Å². The van der Waals surface area contributed by atoms with Gasteiger partial charge < -0.3 is 10.4 Å². The van der Waals surface area contributed by atoms with Crippen LogP contribution in [-0.2, 0) is 0 Å². The molecule has 3 rings (SSSR count). The SMILES string of the molecule is CCSC1=N/C(=C\c2ccccc2O)C(Nc2ccc(C)cc2)=N1. The van der Waals surface area contributed by atoms with E-state index in [4.69, 9.17) is 0 Å². The first-order valence-corrected chi connectivity index (χ1v) is 8.78. The van der Waals surface area contributed by atoms with E-state index in [1.54, 1.807) is 23.9 Å². The van der Waals surface area contributed by atoms with Gasteiger partial charge in [0.2, 0.25) is 0 Å². The lowest BCUT2D eigenvalue weighted by Gasteiger charge is -2.07. The topological polar surface area (TPSA) is 57.0 Å². The number of rotatable bonds is 3. The first-order chi connectivity index (χ1) is 11.7. The van der Waals surface area contributed by atoms with Crippen LogP contribution in [0.5, 0.6) is 5.75 Å². The van der Waals surface area contributed by atoms with Crippen LogP contribution in [0.15, 0.2) is 64.2 Å². The molecule has 0 unspecified atom stereocenters. The molecule has 2 aromatic rings. The number of hydrogen-bond donors (Lipinski definition) is 2. The zero-order chi connectivity index (χ0) is 16.9. The maximum absolute atomic E-state index is 9.99. The molecule has 0 bridgehead atoms. The number of phenols is 1. The van der Waals surface area contributed by atoms with Gasteiger partial charge in [0.15, 0.2) is 11.0 Å². The number of phenolic OH excluding ortho intramolecular Hbond substituents is 1. The first-order valence-electron chi connectivity index (χ1n) is 7.79. The lowest BCUT2D eigenvalue weighted by atomic mass is 10.1. The molecule has 2 N–H and O–H groups in total. The summed E-state index contributed by atoms with van der Waals surface area (Å²) in [5.41, 5.74) is 3.60. The molecule has 1 heterocycles. The number of nitrogens with zero attached hydrogens (tertiary/aromatic N) is 2. The minimum atomic E-state index is 0.228. The largest absolute Gasteiger partial charge is 0.507 e. The van der Waals surface area contributed by atoms with Crippen LogP contribution in [0.4, 0.5) is 5.69 Å². The molecule has 0 radical (unpaired) electrons. The molecule has 0 aromatic heterocycles. The van der Waals surface area contributed by atoms with Gasteiger partial charge in [0.05, 0.1) is 0 Å². The summed E-state index contributed by atoms with van der Waals surface area (Å²) in [6.07, 6.45) is 1.85. The van der Waals surface area contributed by atoms with Gasteiger partial charge in [-0.1, -0.05) is 54.6 Å². The van der Waals surface area contributed by atoms with Gasteiger partial charge in [-0.3, -0.25) is 0 Å². The Morgan fingerprint density at radius 3 is 2.54 bits per heavy atom. The van der Waals surface area contributed by atoms with E-state index in [-0.39, 0.29) is 5.75 Å². The molecule has 0 amide bonds. The molecule has 0 atom stereocenters. The minimum Gasteiger partial charge on any atom is -0.507 e. The van der Waals surface area contributed by atoms with Gasteiger partial charge in [-0.05, 0) is 37.0 Å². The third-order valence-electron chi connectivity index (χ3n) is 3.48. The fraction of sp³-hybridized carbons (Fsp3) is 0.158. The number of nitrogens with one attached hydrogen (secondary N) is 1. The molecular weight excluding hydrogens is 318 g/mol. The highest BCUT2D eigenvalue weighted by molar-refractivity contribution is 8.13. The molecule has 1 aliphatic heterocycles. The van der Waals surface area contributed by atoms with Crippen LogP contribution in [-0.4, -0.2) is 21.9 Å². The second-order valence-corrected chi connectivity index (χ2v) is 6.60. The van der Waals surface area contributed by atoms with Crippen molar-refractivity contribution >= 4 is 34.5 Å². The maximum Gasteiger partial charge on any atom is 0.190 e. The Kier molecular flexibility index (Phi) is 5.01. The zero-order valence-corrected chi connectivity index (χ0v) is 14.5. The van der Waals surface area contributed by atoms with E-state index in [9.17, 15) is 5.11 Å². The Hall–Kier alpha value is -2.53. The van der Waals surface area contributed by atoms with Crippen molar-refractivity contribution in [2.75, 3.05) is 11.1 Å². The number of thioether (sulfide) groups is 1. The van der Waals surface area contributed by atoms with Crippen molar-refractivity contribution in [1.29, 1.82) is 0 Å². The predicted molar refractivity (Wildman–Crippen MR) is 104 cm³/mol. The van der Waals surface area contributed by atoms with Crippen molar-refractivity contribution in [3.8, 4) is 5.75 Å². The van der Waals surface area contributed by atoms with Crippen molar-refractivity contribution in [2.45, 2.75) is 13.8 Å². The highest BCUT2D eigenvalue weighted by atomic mass is 32.2. The Bertz CT molecular complexity index is 823. The summed E-state index contributed by atoms with van der Waals surface area (Å²) in [7, 11) is 0. The van der Waals surface area contributed by atoms with Crippen molar-refractivity contribution < 1.29 is 5.11 Å². The average molecular weight is 337 g/mol. The summed E-state index contributed by atoms with van der Waals surface area (Å²) < 4.78 is 0. The molecule has 0 aliphatic carbocycles. The number of para-hydroxylation sites is 1. The molecule has 0 saturated carbocycles. The van der Waals surface area contributed by atoms with Crippen molar-refractivity contribution in [3.63, 3.8) is 0 Å². The predicted octanol–water partition coefficient (Wildman–Crippen LogP) is 4.67. The zero-order valence-electron chi connectivity index (χ0n) is 13.7. The van der Waals surface area contributed by atoms with Gasteiger partial charge >= 0.3 is 0 Å². The van der Waals surface area contributed by atoms with Gasteiger partial charge in [-0.15, -0.1) is 0 Å². The molecular formula is C19H19N3OS. The van der Waals surface area contributed by atoms with Crippen LogP contribution in [0.2, 0.25) is 0 Å². The third-order valence-corrected chi connectivity index (χ3v) is 4.21. The van der Waals surface area contributed by atoms with E-state index in [0.717, 1.165) is 22.2 Å². The van der Waals surface area contributed by atoms with Crippen molar-refractivity contribution in [1.82, 2.24) is 0 Å². The normalized spacial score (nSPS) is 15.3. The van der Waals surface area contributed by atoms with E-state index in [0.29, 0.717) is 11.5 Å². The number of aryl methyl sites for hydroxylation is 1. The number of benzene rings is 2. The van der Waals surface area contributed by atoms with Crippen LogP contribution in [0.1, 0.15) is 18.1 Å². The van der Waals surface area contributed by atoms with Crippen LogP contribution in [0, 0.1) is 6.92 Å². The second kappa shape index (κ2) is 7.36. The summed E-state index contributed by atoms with van der Waals surface area (Å²) in [5.74, 6) is 1.83. The van der Waals surface area contributed by atoms with Crippen LogP contribution < -0.4 is 5.32 Å². The van der Waals surface area contributed by atoms with Gasteiger partial charge in [-0.2, -0.15) is 0 Å². The fourth-order valence-corrected chi connectivity index (χ4v) is 2.83. The standard InChI is InChI=1S/C19H19N3OS/c1-3-24-19-21-16(12-14-6-4-5-7-17(14)23)18(22-19)20-15-10-8-13(2)9-11-15/h4-12,23H,3H2,1-2H3,(H,20,21,22)/b16-12-. The Balaban J connectivity index is 1.91. The fourth-order valence-electron chi connectivity index (χ4n) is 2.25. The summed E-state index contributed by atoms with van der Waals surface area (Å²) in [4.78, 5) is 9.14. The van der Waals surface area contributed by atoms with E-state index in [1.165, 1.54) is 5.56 Å². The number of aromatic hydroxyl groups is 1. The Morgan fingerprint density at radius 1 is 1.08 bits per heavy atom. The summed E-state index contributed by atoms with van der Waals surface area (Å²) in [5, 5.41) is 14.0. The van der Waals surface area contributed by atoms with Crippen LogP contribution in [0.25, 0.3) is 6.08 Å². The second-order valence-electron chi connectivity index (χ2n) is 5.37. The summed E-state index contributed by atoms with van der Waals surface area (Å²) >= 11 is 1.59. The molecule has 2 aromatic carbocycles. The summed E-state index contributed by atoms with van der Waals surface area (Å²) in [6.45, 7) is 4.12. The van der Waals surface area contributed by atoms with Gasteiger partial charge in [0.1, 0.15) is 11.4 Å². The van der Waals surface area contributed by atoms with Gasteiger partial charge in [0, 0.05) is 11.3 Å². The smallest absolute Gasteiger partial charge is 0.190 e.